The molecule has 2 N–H and O–H groups in total. The summed E-state index contributed by atoms with van der Waals surface area (Å²) in [6.07, 6.45) is 1.96. The molecule has 2 rings (SSSR count). The topological polar surface area (TPSA) is 52.6 Å². The molecule has 0 radical (unpaired) electrons. The van der Waals surface area contributed by atoms with Gasteiger partial charge in [0.25, 0.3) is 0 Å². The van der Waals surface area contributed by atoms with E-state index < -0.39 is 0 Å². The van der Waals surface area contributed by atoms with E-state index in [9.17, 15) is 14.3 Å². The second kappa shape index (κ2) is 6.81. The summed E-state index contributed by atoms with van der Waals surface area (Å²) < 4.78 is 12.8. The summed E-state index contributed by atoms with van der Waals surface area (Å²) >= 11 is 0. The Morgan fingerprint density at radius 3 is 2.85 bits per heavy atom. The SMILES string of the molecule is CC(NC(=O)CN1CCC[C@H]1CO)c1ccc(F)cc1. The molecule has 4 nitrogen and oxygen atoms in total. The molecule has 5 heteroatoms. The summed E-state index contributed by atoms with van der Waals surface area (Å²) in [5.41, 5.74) is 0.875. The van der Waals surface area contributed by atoms with Gasteiger partial charge in [0, 0.05) is 6.04 Å². The molecule has 0 aromatic heterocycles. The second-order valence-corrected chi connectivity index (χ2v) is 5.29. The fraction of sp³-hybridized carbons (Fsp3) is 0.533. The van der Waals surface area contributed by atoms with E-state index in [2.05, 4.69) is 5.32 Å². The molecule has 1 aliphatic rings. The molecule has 1 saturated heterocycles. The van der Waals surface area contributed by atoms with Crippen LogP contribution in [-0.2, 0) is 4.79 Å². The van der Waals surface area contributed by atoms with Crippen LogP contribution in [-0.4, -0.2) is 41.7 Å². The molecule has 0 spiro atoms. The van der Waals surface area contributed by atoms with Gasteiger partial charge in [-0.25, -0.2) is 4.39 Å². The molecule has 1 unspecified atom stereocenters. The Labute approximate surface area is 118 Å². The van der Waals surface area contributed by atoms with E-state index in [1.165, 1.54) is 12.1 Å². The standard InChI is InChI=1S/C15H21FN2O2/c1-11(12-4-6-13(16)7-5-12)17-15(20)9-18-8-2-3-14(18)10-19/h4-7,11,14,19H,2-3,8-10H2,1H3,(H,17,20)/t11?,14-/m0/s1. The Bertz CT molecular complexity index is 450. The van der Waals surface area contributed by atoms with Gasteiger partial charge in [-0.3, -0.25) is 9.69 Å². The van der Waals surface area contributed by atoms with E-state index in [-0.39, 0.29) is 30.4 Å². The summed E-state index contributed by atoms with van der Waals surface area (Å²) in [5, 5.41) is 12.1. The van der Waals surface area contributed by atoms with Gasteiger partial charge in [-0.1, -0.05) is 12.1 Å². The highest BCUT2D eigenvalue weighted by molar-refractivity contribution is 5.78. The molecule has 110 valence electrons. The monoisotopic (exact) mass is 280 g/mol. The zero-order valence-corrected chi connectivity index (χ0v) is 11.7. The first-order valence-corrected chi connectivity index (χ1v) is 7.00. The quantitative estimate of drug-likeness (QED) is 0.858. The molecule has 0 saturated carbocycles. The van der Waals surface area contributed by atoms with E-state index in [1.807, 2.05) is 11.8 Å². The van der Waals surface area contributed by atoms with Gasteiger partial charge in [0.15, 0.2) is 0 Å². The summed E-state index contributed by atoms with van der Waals surface area (Å²) in [4.78, 5) is 14.0. The highest BCUT2D eigenvalue weighted by Gasteiger charge is 2.25. The fourth-order valence-electron chi connectivity index (χ4n) is 2.62. The van der Waals surface area contributed by atoms with Gasteiger partial charge < -0.3 is 10.4 Å². The van der Waals surface area contributed by atoms with Crippen molar-refractivity contribution in [3.63, 3.8) is 0 Å². The van der Waals surface area contributed by atoms with Gasteiger partial charge in [0.2, 0.25) is 5.91 Å². The largest absolute Gasteiger partial charge is 0.395 e. The van der Waals surface area contributed by atoms with Gasteiger partial charge in [0.1, 0.15) is 5.82 Å². The van der Waals surface area contributed by atoms with E-state index in [0.29, 0.717) is 6.54 Å². The van der Waals surface area contributed by atoms with E-state index in [4.69, 9.17) is 0 Å². The Balaban J connectivity index is 1.86. The van der Waals surface area contributed by atoms with Crippen molar-refractivity contribution in [3.8, 4) is 0 Å². The van der Waals surface area contributed by atoms with Crippen molar-refractivity contribution in [1.82, 2.24) is 10.2 Å². The number of aliphatic hydroxyl groups is 1. The van der Waals surface area contributed by atoms with Crippen LogP contribution in [0.5, 0.6) is 0 Å². The van der Waals surface area contributed by atoms with Gasteiger partial charge in [0.05, 0.1) is 19.2 Å². The van der Waals surface area contributed by atoms with Crippen LogP contribution in [0.3, 0.4) is 0 Å². The summed E-state index contributed by atoms with van der Waals surface area (Å²) in [6.45, 7) is 3.12. The van der Waals surface area contributed by atoms with Crippen LogP contribution >= 0.6 is 0 Å². The van der Waals surface area contributed by atoms with Crippen molar-refractivity contribution in [2.75, 3.05) is 19.7 Å². The number of halogens is 1. The number of hydrogen-bond acceptors (Lipinski definition) is 3. The van der Waals surface area contributed by atoms with Gasteiger partial charge in [-0.05, 0) is 44.0 Å². The van der Waals surface area contributed by atoms with Crippen LogP contribution in [0.2, 0.25) is 0 Å². The van der Waals surface area contributed by atoms with Crippen molar-refractivity contribution in [2.45, 2.75) is 31.8 Å². The Morgan fingerprint density at radius 2 is 2.20 bits per heavy atom. The number of amides is 1. The summed E-state index contributed by atoms with van der Waals surface area (Å²) in [7, 11) is 0. The number of rotatable bonds is 5. The molecule has 1 aromatic rings. The van der Waals surface area contributed by atoms with E-state index in [0.717, 1.165) is 24.9 Å². The van der Waals surface area contributed by atoms with Crippen LogP contribution in [0.1, 0.15) is 31.4 Å². The lowest BCUT2D eigenvalue weighted by Gasteiger charge is -2.23. The third-order valence-electron chi connectivity index (χ3n) is 3.80. The number of nitrogens with zero attached hydrogens (tertiary/aromatic N) is 1. The van der Waals surface area contributed by atoms with Gasteiger partial charge >= 0.3 is 0 Å². The van der Waals surface area contributed by atoms with Crippen molar-refractivity contribution < 1.29 is 14.3 Å². The number of carbonyl (C=O) groups excluding carboxylic acids is 1. The highest BCUT2D eigenvalue weighted by atomic mass is 19.1. The van der Waals surface area contributed by atoms with Gasteiger partial charge in [-0.2, -0.15) is 0 Å². The number of aliphatic hydroxyl groups excluding tert-OH is 1. The fourth-order valence-corrected chi connectivity index (χ4v) is 2.62. The molecule has 1 amide bonds. The molecular weight excluding hydrogens is 259 g/mol. The Morgan fingerprint density at radius 1 is 1.50 bits per heavy atom. The molecule has 2 atom stereocenters. The number of nitrogens with one attached hydrogen (secondary N) is 1. The lowest BCUT2D eigenvalue weighted by Crippen LogP contribution is -2.41. The number of hydrogen-bond donors (Lipinski definition) is 2. The first-order chi connectivity index (χ1) is 9.60. The van der Waals surface area contributed by atoms with Crippen molar-refractivity contribution in [3.05, 3.63) is 35.6 Å². The second-order valence-electron chi connectivity index (χ2n) is 5.29. The number of likely N-dealkylation sites (tertiary alicyclic amines) is 1. The average molecular weight is 280 g/mol. The smallest absolute Gasteiger partial charge is 0.234 e. The van der Waals surface area contributed by atoms with Crippen LogP contribution in [0.4, 0.5) is 4.39 Å². The van der Waals surface area contributed by atoms with Crippen molar-refractivity contribution in [1.29, 1.82) is 0 Å². The van der Waals surface area contributed by atoms with Crippen LogP contribution in [0, 0.1) is 5.82 Å². The van der Waals surface area contributed by atoms with E-state index in [1.54, 1.807) is 12.1 Å². The Kier molecular flexibility index (Phi) is 5.09. The molecule has 1 fully saturated rings. The number of carbonyl (C=O) groups is 1. The molecule has 1 aromatic carbocycles. The van der Waals surface area contributed by atoms with E-state index >= 15 is 0 Å². The average Bonchev–Trinajstić information content (AvgIpc) is 2.86. The minimum absolute atomic E-state index is 0.0674. The third kappa shape index (κ3) is 3.77. The van der Waals surface area contributed by atoms with Crippen LogP contribution < -0.4 is 5.32 Å². The third-order valence-corrected chi connectivity index (χ3v) is 3.80. The van der Waals surface area contributed by atoms with Gasteiger partial charge in [-0.15, -0.1) is 0 Å². The maximum absolute atomic E-state index is 12.8. The lowest BCUT2D eigenvalue weighted by molar-refractivity contribution is -0.123. The predicted molar refractivity (Wildman–Crippen MR) is 74.6 cm³/mol. The number of benzene rings is 1. The zero-order chi connectivity index (χ0) is 14.5. The van der Waals surface area contributed by atoms with Crippen LogP contribution in [0.25, 0.3) is 0 Å². The predicted octanol–water partition coefficient (Wildman–Crippen LogP) is 1.46. The van der Waals surface area contributed by atoms with Crippen LogP contribution in [0.15, 0.2) is 24.3 Å². The minimum Gasteiger partial charge on any atom is -0.395 e. The maximum Gasteiger partial charge on any atom is 0.234 e. The summed E-state index contributed by atoms with van der Waals surface area (Å²) in [6, 6.07) is 6.07. The first-order valence-electron chi connectivity index (χ1n) is 7.00. The Hall–Kier alpha value is -1.46. The van der Waals surface area contributed by atoms with Crippen molar-refractivity contribution in [2.24, 2.45) is 0 Å². The molecule has 1 heterocycles. The van der Waals surface area contributed by atoms with Crippen molar-refractivity contribution >= 4 is 5.91 Å². The normalized spacial score (nSPS) is 20.9. The molecular formula is C15H21FN2O2. The first kappa shape index (κ1) is 14.9. The molecule has 1 aliphatic heterocycles. The molecule has 0 aliphatic carbocycles. The molecule has 20 heavy (non-hydrogen) atoms. The lowest BCUT2D eigenvalue weighted by atomic mass is 10.1. The highest BCUT2D eigenvalue weighted by Crippen LogP contribution is 2.17. The zero-order valence-electron chi connectivity index (χ0n) is 11.7. The summed E-state index contributed by atoms with van der Waals surface area (Å²) in [5.74, 6) is -0.350. The minimum atomic E-state index is -0.282. The maximum atomic E-state index is 12.8. The molecule has 0 bridgehead atoms.